The van der Waals surface area contributed by atoms with Crippen LogP contribution >= 0.6 is 0 Å². The van der Waals surface area contributed by atoms with Crippen LogP contribution in [-0.4, -0.2) is 38.7 Å². The van der Waals surface area contributed by atoms with E-state index < -0.39 is 0 Å². The third-order valence-corrected chi connectivity index (χ3v) is 4.86. The first-order valence-corrected chi connectivity index (χ1v) is 9.18. The summed E-state index contributed by atoms with van der Waals surface area (Å²) >= 11 is 0. The van der Waals surface area contributed by atoms with E-state index in [9.17, 15) is 0 Å². The summed E-state index contributed by atoms with van der Waals surface area (Å²) < 4.78 is 5.17. The summed E-state index contributed by atoms with van der Waals surface area (Å²) in [7, 11) is 1.68. The van der Waals surface area contributed by atoms with Crippen molar-refractivity contribution in [3.8, 4) is 5.75 Å². The Kier molecular flexibility index (Phi) is 6.00. The molecule has 3 rings (SSSR count). The van der Waals surface area contributed by atoms with Gasteiger partial charge in [-0.3, -0.25) is 4.99 Å². The monoisotopic (exact) mass is 352 g/mol. The highest BCUT2D eigenvalue weighted by atomic mass is 16.5. The molecule has 26 heavy (non-hydrogen) atoms. The van der Waals surface area contributed by atoms with E-state index >= 15 is 0 Å². The van der Waals surface area contributed by atoms with E-state index in [1.54, 1.807) is 7.11 Å². The van der Waals surface area contributed by atoms with Crippen molar-refractivity contribution >= 4 is 11.6 Å². The van der Waals surface area contributed by atoms with E-state index in [2.05, 4.69) is 58.5 Å². The molecule has 1 aliphatic rings. The molecule has 1 unspecified atom stereocenters. The van der Waals surface area contributed by atoms with Crippen molar-refractivity contribution in [3.63, 3.8) is 0 Å². The van der Waals surface area contributed by atoms with E-state index in [4.69, 9.17) is 10.5 Å². The van der Waals surface area contributed by atoms with Crippen LogP contribution in [-0.2, 0) is 12.8 Å². The standard InChI is InChI=1S/C21H28N4O/c1-16(25-14-12-18-5-3-4-6-20(18)25)15-24-21(22)23-13-11-17-7-9-19(26-2)10-8-17/h3-10,16H,11-15H2,1-2H3,(H3,22,23,24). The SMILES string of the molecule is COc1ccc(CCNC(N)=NCC(C)N2CCc3ccccc32)cc1. The molecule has 1 aliphatic heterocycles. The molecule has 0 saturated heterocycles. The first kappa shape index (κ1) is 18.1. The van der Waals surface area contributed by atoms with Crippen LogP contribution < -0.4 is 20.7 Å². The molecular formula is C21H28N4O. The molecule has 1 heterocycles. The van der Waals surface area contributed by atoms with Crippen LogP contribution in [0.15, 0.2) is 53.5 Å². The van der Waals surface area contributed by atoms with Crippen molar-refractivity contribution in [1.82, 2.24) is 5.32 Å². The van der Waals surface area contributed by atoms with Crippen molar-refractivity contribution < 1.29 is 4.74 Å². The number of guanidine groups is 1. The van der Waals surface area contributed by atoms with Crippen molar-refractivity contribution in [1.29, 1.82) is 0 Å². The summed E-state index contributed by atoms with van der Waals surface area (Å²) in [4.78, 5) is 6.94. The smallest absolute Gasteiger partial charge is 0.188 e. The molecule has 2 aromatic rings. The average molecular weight is 352 g/mol. The molecule has 0 amide bonds. The van der Waals surface area contributed by atoms with Gasteiger partial charge < -0.3 is 20.7 Å². The van der Waals surface area contributed by atoms with Gasteiger partial charge in [0.2, 0.25) is 0 Å². The third-order valence-electron chi connectivity index (χ3n) is 4.86. The fourth-order valence-corrected chi connectivity index (χ4v) is 3.33. The van der Waals surface area contributed by atoms with Crippen LogP contribution in [0.3, 0.4) is 0 Å². The van der Waals surface area contributed by atoms with Crippen molar-refractivity contribution in [2.24, 2.45) is 10.7 Å². The Hall–Kier alpha value is -2.69. The lowest BCUT2D eigenvalue weighted by molar-refractivity contribution is 0.414. The number of benzene rings is 2. The summed E-state index contributed by atoms with van der Waals surface area (Å²) in [6.45, 7) is 4.72. The molecule has 0 aromatic heterocycles. The molecule has 0 saturated carbocycles. The van der Waals surface area contributed by atoms with E-state index in [0.29, 0.717) is 18.5 Å². The zero-order valence-electron chi connectivity index (χ0n) is 15.6. The second kappa shape index (κ2) is 8.61. The van der Waals surface area contributed by atoms with Crippen molar-refractivity contribution in [2.45, 2.75) is 25.8 Å². The molecule has 5 nitrogen and oxygen atoms in total. The molecular weight excluding hydrogens is 324 g/mol. The molecule has 138 valence electrons. The van der Waals surface area contributed by atoms with E-state index in [1.807, 2.05) is 12.1 Å². The van der Waals surface area contributed by atoms with Gasteiger partial charge in [-0.2, -0.15) is 0 Å². The maximum atomic E-state index is 6.03. The minimum Gasteiger partial charge on any atom is -0.497 e. The number of para-hydroxylation sites is 1. The first-order valence-electron chi connectivity index (χ1n) is 9.18. The largest absolute Gasteiger partial charge is 0.497 e. The van der Waals surface area contributed by atoms with E-state index in [0.717, 1.165) is 31.7 Å². The highest BCUT2D eigenvalue weighted by Gasteiger charge is 2.22. The molecule has 3 N–H and O–H groups in total. The summed E-state index contributed by atoms with van der Waals surface area (Å²) in [5.74, 6) is 1.39. The number of nitrogens with one attached hydrogen (secondary N) is 1. The normalized spacial score (nSPS) is 14.8. The minimum absolute atomic E-state index is 0.334. The molecule has 0 spiro atoms. The van der Waals surface area contributed by atoms with Gasteiger partial charge >= 0.3 is 0 Å². The Labute approximate surface area is 155 Å². The molecule has 0 aliphatic carbocycles. The Balaban J connectivity index is 1.44. The van der Waals surface area contributed by atoms with Crippen LogP contribution in [0.1, 0.15) is 18.1 Å². The summed E-state index contributed by atoms with van der Waals surface area (Å²) in [6.07, 6.45) is 2.01. The number of methoxy groups -OCH3 is 1. The second-order valence-corrected chi connectivity index (χ2v) is 6.67. The van der Waals surface area contributed by atoms with E-state index in [1.165, 1.54) is 16.8 Å². The zero-order chi connectivity index (χ0) is 18.4. The Morgan fingerprint density at radius 3 is 2.77 bits per heavy atom. The Bertz CT molecular complexity index is 742. The molecule has 1 atom stereocenters. The number of ether oxygens (including phenoxy) is 1. The summed E-state index contributed by atoms with van der Waals surface area (Å²) in [5.41, 5.74) is 10.0. The number of aliphatic imine (C=N–C) groups is 1. The molecule has 5 heteroatoms. The quantitative estimate of drug-likeness (QED) is 0.594. The number of hydrogen-bond donors (Lipinski definition) is 2. The number of anilines is 1. The van der Waals surface area contributed by atoms with Gasteiger partial charge in [0.15, 0.2) is 5.96 Å². The van der Waals surface area contributed by atoms with Gasteiger partial charge in [0.1, 0.15) is 5.75 Å². The number of nitrogens with zero attached hydrogens (tertiary/aromatic N) is 2. The topological polar surface area (TPSA) is 62.9 Å². The average Bonchev–Trinajstić information content (AvgIpc) is 3.11. The Morgan fingerprint density at radius 1 is 1.23 bits per heavy atom. The van der Waals surface area contributed by atoms with Gasteiger partial charge in [-0.25, -0.2) is 0 Å². The van der Waals surface area contributed by atoms with Gasteiger partial charge in [-0.1, -0.05) is 30.3 Å². The fraction of sp³-hybridized carbons (Fsp3) is 0.381. The van der Waals surface area contributed by atoms with Gasteiger partial charge in [-0.15, -0.1) is 0 Å². The predicted molar refractivity (Wildman–Crippen MR) is 108 cm³/mol. The summed E-state index contributed by atoms with van der Waals surface area (Å²) in [6, 6.07) is 17.0. The predicted octanol–water partition coefficient (Wildman–Crippen LogP) is 2.59. The first-order chi connectivity index (χ1) is 12.7. The highest BCUT2D eigenvalue weighted by molar-refractivity contribution is 5.77. The van der Waals surface area contributed by atoms with Crippen LogP contribution in [0.5, 0.6) is 5.75 Å². The maximum Gasteiger partial charge on any atom is 0.188 e. The Morgan fingerprint density at radius 2 is 2.00 bits per heavy atom. The number of fused-ring (bicyclic) bond motifs is 1. The number of rotatable bonds is 7. The highest BCUT2D eigenvalue weighted by Crippen LogP contribution is 2.29. The van der Waals surface area contributed by atoms with Gasteiger partial charge in [0.05, 0.1) is 13.7 Å². The summed E-state index contributed by atoms with van der Waals surface area (Å²) in [5, 5.41) is 3.20. The maximum absolute atomic E-state index is 6.03. The van der Waals surface area contributed by atoms with Crippen molar-refractivity contribution in [3.05, 3.63) is 59.7 Å². The molecule has 0 bridgehead atoms. The van der Waals surface area contributed by atoms with Crippen LogP contribution in [0.4, 0.5) is 5.69 Å². The molecule has 2 aromatic carbocycles. The second-order valence-electron chi connectivity index (χ2n) is 6.67. The van der Waals surface area contributed by atoms with Crippen LogP contribution in [0.2, 0.25) is 0 Å². The molecule has 0 fully saturated rings. The lowest BCUT2D eigenvalue weighted by Crippen LogP contribution is -2.37. The van der Waals surface area contributed by atoms with Gasteiger partial charge in [0.25, 0.3) is 0 Å². The fourth-order valence-electron chi connectivity index (χ4n) is 3.33. The van der Waals surface area contributed by atoms with Crippen molar-refractivity contribution in [2.75, 3.05) is 31.6 Å². The van der Waals surface area contributed by atoms with E-state index in [-0.39, 0.29) is 0 Å². The van der Waals surface area contributed by atoms with Gasteiger partial charge in [-0.05, 0) is 49.1 Å². The number of nitrogens with two attached hydrogens (primary N) is 1. The third kappa shape index (κ3) is 4.48. The number of hydrogen-bond acceptors (Lipinski definition) is 3. The zero-order valence-corrected chi connectivity index (χ0v) is 15.6. The minimum atomic E-state index is 0.334. The lowest BCUT2D eigenvalue weighted by atomic mass is 10.1. The van der Waals surface area contributed by atoms with Crippen LogP contribution in [0, 0.1) is 0 Å². The molecule has 0 radical (unpaired) electrons. The lowest BCUT2D eigenvalue weighted by Gasteiger charge is -2.26. The van der Waals surface area contributed by atoms with Crippen LogP contribution in [0.25, 0.3) is 0 Å². The van der Waals surface area contributed by atoms with Gasteiger partial charge in [0, 0.05) is 24.8 Å².